The van der Waals surface area contributed by atoms with Crippen molar-refractivity contribution in [1.29, 1.82) is 0 Å². The minimum atomic E-state index is -0.807. The molecular weight excluding hydrogens is 396 g/mol. The fourth-order valence-corrected chi connectivity index (χ4v) is 2.51. The molecule has 1 heterocycles. The second-order valence-electron chi connectivity index (χ2n) is 5.24. The van der Waals surface area contributed by atoms with Crippen LogP contribution < -0.4 is 5.32 Å². The van der Waals surface area contributed by atoms with E-state index >= 15 is 0 Å². The van der Waals surface area contributed by atoms with Crippen LogP contribution in [0.1, 0.15) is 29.1 Å². The van der Waals surface area contributed by atoms with E-state index in [9.17, 15) is 13.6 Å². The van der Waals surface area contributed by atoms with Gasteiger partial charge in [-0.25, -0.2) is 8.78 Å². The maximum absolute atomic E-state index is 13.7. The van der Waals surface area contributed by atoms with Gasteiger partial charge in [0.15, 0.2) is 5.82 Å². The molecule has 1 N–H and O–H groups in total. The number of nitrogens with one attached hydrogen (secondary N) is 1. The molecule has 2 aromatic carbocycles. The molecule has 1 atom stereocenters. The molecule has 1 unspecified atom stereocenters. The van der Waals surface area contributed by atoms with Crippen molar-refractivity contribution in [3.05, 3.63) is 70.0 Å². The highest BCUT2D eigenvalue weighted by Gasteiger charge is 2.20. The van der Waals surface area contributed by atoms with Crippen molar-refractivity contribution in [2.24, 2.45) is 0 Å². The molecule has 0 saturated heterocycles. The number of amides is 1. The van der Waals surface area contributed by atoms with Gasteiger partial charge >= 0.3 is 0 Å². The van der Waals surface area contributed by atoms with Crippen molar-refractivity contribution in [2.75, 3.05) is 0 Å². The molecule has 0 aliphatic carbocycles. The first kappa shape index (κ1) is 17.2. The first-order valence-corrected chi connectivity index (χ1v) is 8.05. The fourth-order valence-electron chi connectivity index (χ4n) is 2.24. The van der Waals surface area contributed by atoms with Crippen LogP contribution in [-0.4, -0.2) is 26.1 Å². The minimum Gasteiger partial charge on any atom is -0.342 e. The predicted molar refractivity (Wildman–Crippen MR) is 89.1 cm³/mol. The summed E-state index contributed by atoms with van der Waals surface area (Å²) in [6.45, 7) is 1.65. The standard InChI is InChI=1S/C16H12BrF2N5O/c1-9(20-16(25)13-8-11(18)4-7-14(13)19)15-21-22-23-24(15)12-5-2-10(17)3-6-12/h2-9H,1H3,(H,20,25). The highest BCUT2D eigenvalue weighted by atomic mass is 79.9. The van der Waals surface area contributed by atoms with Crippen molar-refractivity contribution < 1.29 is 13.6 Å². The van der Waals surface area contributed by atoms with Crippen molar-refractivity contribution in [3.8, 4) is 5.69 Å². The zero-order valence-electron chi connectivity index (χ0n) is 12.9. The summed E-state index contributed by atoms with van der Waals surface area (Å²) in [7, 11) is 0. The van der Waals surface area contributed by atoms with Crippen LogP contribution in [0.4, 0.5) is 8.78 Å². The van der Waals surface area contributed by atoms with Gasteiger partial charge in [-0.3, -0.25) is 4.79 Å². The molecule has 0 bridgehead atoms. The van der Waals surface area contributed by atoms with E-state index in [4.69, 9.17) is 0 Å². The summed E-state index contributed by atoms with van der Waals surface area (Å²) in [5.41, 5.74) is 0.316. The van der Waals surface area contributed by atoms with E-state index in [2.05, 4.69) is 36.8 Å². The lowest BCUT2D eigenvalue weighted by molar-refractivity contribution is 0.0933. The number of hydrogen-bond acceptors (Lipinski definition) is 4. The molecule has 6 nitrogen and oxygen atoms in total. The van der Waals surface area contributed by atoms with Crippen molar-refractivity contribution in [3.63, 3.8) is 0 Å². The van der Waals surface area contributed by atoms with E-state index in [0.717, 1.165) is 22.7 Å². The number of benzene rings is 2. The molecular formula is C16H12BrF2N5O. The number of rotatable bonds is 4. The summed E-state index contributed by atoms with van der Waals surface area (Å²) >= 11 is 3.34. The Hall–Kier alpha value is -2.68. The van der Waals surface area contributed by atoms with Crippen LogP contribution in [0, 0.1) is 11.6 Å². The number of hydrogen-bond donors (Lipinski definition) is 1. The zero-order valence-corrected chi connectivity index (χ0v) is 14.5. The Labute approximate surface area is 150 Å². The Bertz CT molecular complexity index is 913. The lowest BCUT2D eigenvalue weighted by Crippen LogP contribution is -2.29. The monoisotopic (exact) mass is 407 g/mol. The summed E-state index contributed by atoms with van der Waals surface area (Å²) in [4.78, 5) is 12.2. The Balaban J connectivity index is 1.84. The van der Waals surface area contributed by atoms with E-state index in [1.54, 1.807) is 19.1 Å². The molecule has 0 aliphatic rings. The van der Waals surface area contributed by atoms with Crippen LogP contribution in [0.2, 0.25) is 0 Å². The van der Waals surface area contributed by atoms with Crippen LogP contribution in [-0.2, 0) is 0 Å². The van der Waals surface area contributed by atoms with Crippen molar-refractivity contribution in [2.45, 2.75) is 13.0 Å². The number of tetrazole rings is 1. The summed E-state index contributed by atoms with van der Waals surface area (Å²) in [6, 6.07) is 9.31. The average Bonchev–Trinajstić information content (AvgIpc) is 3.07. The highest BCUT2D eigenvalue weighted by molar-refractivity contribution is 9.10. The molecule has 1 aromatic heterocycles. The Kier molecular flexibility index (Phi) is 4.84. The molecule has 3 aromatic rings. The van der Waals surface area contributed by atoms with Gasteiger partial charge in [-0.2, -0.15) is 4.68 Å². The quantitative estimate of drug-likeness (QED) is 0.720. The van der Waals surface area contributed by atoms with Gasteiger partial charge in [-0.05, 0) is 59.8 Å². The largest absolute Gasteiger partial charge is 0.342 e. The molecule has 9 heteroatoms. The zero-order chi connectivity index (χ0) is 18.0. The smallest absolute Gasteiger partial charge is 0.254 e. The van der Waals surface area contributed by atoms with E-state index in [-0.39, 0.29) is 5.56 Å². The first-order chi connectivity index (χ1) is 12.0. The van der Waals surface area contributed by atoms with Crippen molar-refractivity contribution in [1.82, 2.24) is 25.5 Å². The number of carbonyl (C=O) groups excluding carboxylic acids is 1. The molecule has 0 spiro atoms. The SMILES string of the molecule is CC(NC(=O)c1cc(F)ccc1F)c1nnnn1-c1ccc(Br)cc1. The van der Waals surface area contributed by atoms with Crippen LogP contribution in [0.3, 0.4) is 0 Å². The summed E-state index contributed by atoms with van der Waals surface area (Å²) < 4.78 is 29.3. The summed E-state index contributed by atoms with van der Waals surface area (Å²) in [6.07, 6.45) is 0. The van der Waals surface area contributed by atoms with Crippen LogP contribution >= 0.6 is 15.9 Å². The number of halogens is 3. The summed E-state index contributed by atoms with van der Waals surface area (Å²) in [5.74, 6) is -1.90. The number of aromatic nitrogens is 4. The van der Waals surface area contributed by atoms with Gasteiger partial charge in [0.05, 0.1) is 17.3 Å². The molecule has 128 valence electrons. The van der Waals surface area contributed by atoms with Gasteiger partial charge in [-0.15, -0.1) is 5.10 Å². The van der Waals surface area contributed by atoms with E-state index in [1.807, 2.05) is 12.1 Å². The van der Waals surface area contributed by atoms with Gasteiger partial charge in [0.2, 0.25) is 0 Å². The van der Waals surface area contributed by atoms with Crippen LogP contribution in [0.15, 0.2) is 46.9 Å². The maximum atomic E-state index is 13.7. The van der Waals surface area contributed by atoms with Gasteiger partial charge in [0.1, 0.15) is 11.6 Å². The Morgan fingerprint density at radius 2 is 1.92 bits per heavy atom. The lowest BCUT2D eigenvalue weighted by atomic mass is 10.1. The van der Waals surface area contributed by atoms with E-state index < -0.39 is 23.6 Å². The molecule has 0 fully saturated rings. The van der Waals surface area contributed by atoms with Gasteiger partial charge < -0.3 is 5.32 Å². The van der Waals surface area contributed by atoms with Gasteiger partial charge in [0.25, 0.3) is 5.91 Å². The number of nitrogens with zero attached hydrogens (tertiary/aromatic N) is 4. The summed E-state index contributed by atoms with van der Waals surface area (Å²) in [5, 5.41) is 14.0. The average molecular weight is 408 g/mol. The van der Waals surface area contributed by atoms with Gasteiger partial charge in [0, 0.05) is 4.47 Å². The van der Waals surface area contributed by atoms with E-state index in [1.165, 1.54) is 4.68 Å². The molecule has 0 aliphatic heterocycles. The van der Waals surface area contributed by atoms with Crippen molar-refractivity contribution >= 4 is 21.8 Å². The topological polar surface area (TPSA) is 72.7 Å². The normalized spacial score (nSPS) is 12.0. The molecule has 0 radical (unpaired) electrons. The Morgan fingerprint density at radius 1 is 1.20 bits per heavy atom. The first-order valence-electron chi connectivity index (χ1n) is 7.26. The van der Waals surface area contributed by atoms with Gasteiger partial charge in [-0.1, -0.05) is 15.9 Å². The molecule has 3 rings (SSSR count). The number of carbonyl (C=O) groups is 1. The minimum absolute atomic E-state index is 0.354. The van der Waals surface area contributed by atoms with Crippen LogP contribution in [0.5, 0.6) is 0 Å². The highest BCUT2D eigenvalue weighted by Crippen LogP contribution is 2.18. The predicted octanol–water partition coefficient (Wildman–Crippen LogP) is 3.19. The third-order valence-electron chi connectivity index (χ3n) is 3.47. The fraction of sp³-hybridized carbons (Fsp3) is 0.125. The lowest BCUT2D eigenvalue weighted by Gasteiger charge is -2.14. The maximum Gasteiger partial charge on any atom is 0.254 e. The second kappa shape index (κ2) is 7.06. The third-order valence-corrected chi connectivity index (χ3v) is 4.00. The molecule has 1 amide bonds. The third kappa shape index (κ3) is 3.71. The van der Waals surface area contributed by atoms with Crippen LogP contribution in [0.25, 0.3) is 5.69 Å². The molecule has 25 heavy (non-hydrogen) atoms. The second-order valence-corrected chi connectivity index (χ2v) is 6.16. The molecule has 0 saturated carbocycles. The Morgan fingerprint density at radius 3 is 2.64 bits per heavy atom. The van der Waals surface area contributed by atoms with E-state index in [0.29, 0.717) is 11.5 Å².